The van der Waals surface area contributed by atoms with Crippen LogP contribution >= 0.6 is 34.7 Å². The smallest absolute Gasteiger partial charge is 0.0646 e. The van der Waals surface area contributed by atoms with Crippen molar-refractivity contribution < 1.29 is 0 Å². The van der Waals surface area contributed by atoms with E-state index in [1.165, 1.54) is 14.7 Å². The third-order valence-electron chi connectivity index (χ3n) is 2.77. The van der Waals surface area contributed by atoms with Crippen molar-refractivity contribution in [1.82, 2.24) is 0 Å². The SMILES string of the molecule is CCC(N)Cc1c(Cl)cccc1Sc1cccs1. The fourth-order valence-corrected chi connectivity index (χ4v) is 3.88. The van der Waals surface area contributed by atoms with Gasteiger partial charge < -0.3 is 5.73 Å². The monoisotopic (exact) mass is 297 g/mol. The van der Waals surface area contributed by atoms with Crippen molar-refractivity contribution >= 4 is 34.7 Å². The molecular weight excluding hydrogens is 282 g/mol. The van der Waals surface area contributed by atoms with E-state index in [2.05, 4.69) is 30.5 Å². The van der Waals surface area contributed by atoms with E-state index in [-0.39, 0.29) is 6.04 Å². The summed E-state index contributed by atoms with van der Waals surface area (Å²) in [6, 6.07) is 10.4. The van der Waals surface area contributed by atoms with Gasteiger partial charge in [-0.25, -0.2) is 0 Å². The highest BCUT2D eigenvalue weighted by Crippen LogP contribution is 2.36. The van der Waals surface area contributed by atoms with Crippen molar-refractivity contribution in [3.05, 3.63) is 46.3 Å². The molecule has 0 radical (unpaired) electrons. The Bertz CT molecular complexity index is 497. The predicted molar refractivity (Wildman–Crippen MR) is 81.9 cm³/mol. The van der Waals surface area contributed by atoms with E-state index >= 15 is 0 Å². The van der Waals surface area contributed by atoms with Crippen LogP contribution in [-0.2, 0) is 6.42 Å². The summed E-state index contributed by atoms with van der Waals surface area (Å²) in [5.41, 5.74) is 7.22. The summed E-state index contributed by atoms with van der Waals surface area (Å²) in [5.74, 6) is 0. The molecule has 96 valence electrons. The van der Waals surface area contributed by atoms with Crippen LogP contribution < -0.4 is 5.73 Å². The summed E-state index contributed by atoms with van der Waals surface area (Å²) < 4.78 is 1.28. The molecule has 18 heavy (non-hydrogen) atoms. The van der Waals surface area contributed by atoms with Crippen LogP contribution in [0.4, 0.5) is 0 Å². The second kappa shape index (κ2) is 6.62. The lowest BCUT2D eigenvalue weighted by Crippen LogP contribution is -2.21. The van der Waals surface area contributed by atoms with E-state index < -0.39 is 0 Å². The van der Waals surface area contributed by atoms with E-state index in [0.717, 1.165) is 17.9 Å². The lowest BCUT2D eigenvalue weighted by atomic mass is 10.0. The zero-order valence-corrected chi connectivity index (χ0v) is 12.6. The second-order valence-electron chi connectivity index (χ2n) is 4.12. The number of nitrogens with two attached hydrogens (primary N) is 1. The van der Waals surface area contributed by atoms with Gasteiger partial charge in [0.15, 0.2) is 0 Å². The topological polar surface area (TPSA) is 26.0 Å². The molecule has 2 N–H and O–H groups in total. The summed E-state index contributed by atoms with van der Waals surface area (Å²) in [6.45, 7) is 2.10. The van der Waals surface area contributed by atoms with Crippen LogP contribution in [0.25, 0.3) is 0 Å². The molecule has 1 nitrogen and oxygen atoms in total. The highest BCUT2D eigenvalue weighted by molar-refractivity contribution is 8.01. The molecule has 0 aliphatic rings. The van der Waals surface area contributed by atoms with Gasteiger partial charge in [-0.05, 0) is 42.0 Å². The van der Waals surface area contributed by atoms with Gasteiger partial charge in [-0.15, -0.1) is 11.3 Å². The first-order chi connectivity index (χ1) is 8.70. The van der Waals surface area contributed by atoms with Crippen molar-refractivity contribution in [3.63, 3.8) is 0 Å². The van der Waals surface area contributed by atoms with E-state index in [9.17, 15) is 0 Å². The molecule has 0 saturated carbocycles. The van der Waals surface area contributed by atoms with E-state index in [1.807, 2.05) is 12.1 Å². The summed E-state index contributed by atoms with van der Waals surface area (Å²) in [4.78, 5) is 1.22. The van der Waals surface area contributed by atoms with E-state index in [1.54, 1.807) is 23.1 Å². The third-order valence-corrected chi connectivity index (χ3v) is 5.27. The van der Waals surface area contributed by atoms with Gasteiger partial charge >= 0.3 is 0 Å². The highest BCUT2D eigenvalue weighted by Gasteiger charge is 2.12. The van der Waals surface area contributed by atoms with Crippen molar-refractivity contribution in [3.8, 4) is 0 Å². The Kier molecular flexibility index (Phi) is 5.13. The van der Waals surface area contributed by atoms with Crippen LogP contribution in [0.15, 0.2) is 44.8 Å². The van der Waals surface area contributed by atoms with E-state index in [4.69, 9.17) is 17.3 Å². The van der Waals surface area contributed by atoms with Crippen molar-refractivity contribution in [1.29, 1.82) is 0 Å². The minimum Gasteiger partial charge on any atom is -0.327 e. The number of hydrogen-bond acceptors (Lipinski definition) is 3. The second-order valence-corrected chi connectivity index (χ2v) is 6.82. The Hall–Kier alpha value is -0.480. The number of benzene rings is 1. The number of halogens is 1. The first kappa shape index (κ1) is 13.9. The largest absolute Gasteiger partial charge is 0.327 e. The molecule has 0 saturated heterocycles. The molecule has 1 aromatic carbocycles. The molecular formula is C14H16ClNS2. The standard InChI is InChI=1S/C14H16ClNS2/c1-2-10(16)9-11-12(15)5-3-6-13(11)18-14-7-4-8-17-14/h3-8,10H,2,9,16H2,1H3. The summed E-state index contributed by atoms with van der Waals surface area (Å²) in [5, 5.41) is 2.91. The van der Waals surface area contributed by atoms with Gasteiger partial charge in [-0.2, -0.15) is 0 Å². The summed E-state index contributed by atoms with van der Waals surface area (Å²) in [6.07, 6.45) is 1.80. The molecule has 0 amide bonds. The third kappa shape index (κ3) is 3.51. The van der Waals surface area contributed by atoms with Crippen LogP contribution in [0.2, 0.25) is 5.02 Å². The summed E-state index contributed by atoms with van der Waals surface area (Å²) in [7, 11) is 0. The van der Waals surface area contributed by atoms with Gasteiger partial charge in [0.25, 0.3) is 0 Å². The van der Waals surface area contributed by atoms with Crippen molar-refractivity contribution in [2.75, 3.05) is 0 Å². The fraction of sp³-hybridized carbons (Fsp3) is 0.286. The molecule has 1 aromatic heterocycles. The normalized spacial score (nSPS) is 12.6. The molecule has 4 heteroatoms. The number of hydrogen-bond donors (Lipinski definition) is 1. The van der Waals surface area contributed by atoms with Crippen LogP contribution in [0.5, 0.6) is 0 Å². The van der Waals surface area contributed by atoms with Crippen LogP contribution in [-0.4, -0.2) is 6.04 Å². The van der Waals surface area contributed by atoms with Gasteiger partial charge in [-0.3, -0.25) is 0 Å². The van der Waals surface area contributed by atoms with Gasteiger partial charge in [0.1, 0.15) is 0 Å². The fourth-order valence-electron chi connectivity index (χ4n) is 1.67. The number of thiophene rings is 1. The molecule has 0 aliphatic carbocycles. The lowest BCUT2D eigenvalue weighted by Gasteiger charge is -2.14. The zero-order valence-electron chi connectivity index (χ0n) is 10.2. The highest BCUT2D eigenvalue weighted by atomic mass is 35.5. The molecule has 0 bridgehead atoms. The predicted octanol–water partition coefficient (Wildman–Crippen LogP) is 4.83. The molecule has 0 spiro atoms. The Morgan fingerprint density at radius 2 is 2.17 bits per heavy atom. The quantitative estimate of drug-likeness (QED) is 0.855. The molecule has 2 aromatic rings. The number of rotatable bonds is 5. The maximum Gasteiger partial charge on any atom is 0.0646 e. The molecule has 1 heterocycles. The van der Waals surface area contributed by atoms with Crippen LogP contribution in [0.1, 0.15) is 18.9 Å². The minimum absolute atomic E-state index is 0.174. The van der Waals surface area contributed by atoms with Crippen LogP contribution in [0, 0.1) is 0 Å². The first-order valence-corrected chi connectivity index (χ1v) is 8.02. The Labute approximate surface area is 121 Å². The Morgan fingerprint density at radius 1 is 1.33 bits per heavy atom. The molecule has 1 unspecified atom stereocenters. The minimum atomic E-state index is 0.174. The molecule has 0 fully saturated rings. The van der Waals surface area contributed by atoms with Gasteiger partial charge in [0, 0.05) is 16.0 Å². The molecule has 1 atom stereocenters. The maximum atomic E-state index is 6.31. The maximum absolute atomic E-state index is 6.31. The molecule has 2 rings (SSSR count). The van der Waals surface area contributed by atoms with Gasteiger partial charge in [-0.1, -0.05) is 42.4 Å². The average Bonchev–Trinajstić information content (AvgIpc) is 2.86. The molecule has 0 aliphatic heterocycles. The van der Waals surface area contributed by atoms with Crippen LogP contribution in [0.3, 0.4) is 0 Å². The van der Waals surface area contributed by atoms with Crippen molar-refractivity contribution in [2.45, 2.75) is 34.9 Å². The van der Waals surface area contributed by atoms with E-state index in [0.29, 0.717) is 0 Å². The zero-order chi connectivity index (χ0) is 13.0. The summed E-state index contributed by atoms with van der Waals surface area (Å²) >= 11 is 9.82. The van der Waals surface area contributed by atoms with Crippen molar-refractivity contribution in [2.24, 2.45) is 5.73 Å². The first-order valence-electron chi connectivity index (χ1n) is 5.95. The average molecular weight is 298 g/mol. The van der Waals surface area contributed by atoms with Gasteiger partial charge in [0.05, 0.1) is 4.21 Å². The Morgan fingerprint density at radius 3 is 2.83 bits per heavy atom. The van der Waals surface area contributed by atoms with Gasteiger partial charge in [0.2, 0.25) is 0 Å². The Balaban J connectivity index is 2.26. The lowest BCUT2D eigenvalue weighted by molar-refractivity contribution is 0.641.